The summed E-state index contributed by atoms with van der Waals surface area (Å²) in [7, 11) is 0. The lowest BCUT2D eigenvalue weighted by Gasteiger charge is -2.32. The summed E-state index contributed by atoms with van der Waals surface area (Å²) < 4.78 is 0. The molecular weight excluding hydrogens is 420 g/mol. The number of rotatable bonds is 8. The average Bonchev–Trinajstić information content (AvgIpc) is 2.86. The minimum atomic E-state index is 0.0241. The van der Waals surface area contributed by atoms with Crippen molar-refractivity contribution in [2.75, 3.05) is 0 Å². The molecule has 0 saturated heterocycles. The van der Waals surface area contributed by atoms with E-state index in [9.17, 15) is 9.59 Å². The summed E-state index contributed by atoms with van der Waals surface area (Å²) in [6.45, 7) is 4.45. The van der Waals surface area contributed by atoms with E-state index in [4.69, 9.17) is 0 Å². The molecule has 2 N–H and O–H groups in total. The van der Waals surface area contributed by atoms with Crippen LogP contribution in [0.1, 0.15) is 112 Å². The normalized spacial score (nSPS) is 25.1. The molecule has 4 nitrogen and oxygen atoms in total. The van der Waals surface area contributed by atoms with Gasteiger partial charge in [-0.25, -0.2) is 0 Å². The molecular formula is C30H42N2O2. The number of hydrogen-bond donors (Lipinski definition) is 2. The Kier molecular flexibility index (Phi) is 8.64. The summed E-state index contributed by atoms with van der Waals surface area (Å²) in [5, 5.41) is 8.64. The smallest absolute Gasteiger partial charge is 0.251 e. The van der Waals surface area contributed by atoms with Gasteiger partial charge in [0.25, 0.3) is 11.8 Å². The Morgan fingerprint density at radius 1 is 0.676 bits per heavy atom. The highest BCUT2D eigenvalue weighted by molar-refractivity contribution is 6.02. The van der Waals surface area contributed by atoms with E-state index in [0.717, 1.165) is 23.6 Å². The molecule has 2 aliphatic carbocycles. The highest BCUT2D eigenvalue weighted by atomic mass is 16.2. The van der Waals surface area contributed by atoms with Gasteiger partial charge in [0.15, 0.2) is 0 Å². The Morgan fingerprint density at radius 3 is 1.50 bits per heavy atom. The summed E-state index contributed by atoms with van der Waals surface area (Å²) in [5.41, 5.74) is 1.41. The number of carbonyl (C=O) groups excluding carboxylic acids is 2. The van der Waals surface area contributed by atoms with Gasteiger partial charge < -0.3 is 10.6 Å². The quantitative estimate of drug-likeness (QED) is 0.443. The number of fused-ring (bicyclic) bond motifs is 1. The van der Waals surface area contributed by atoms with E-state index in [2.05, 4.69) is 24.5 Å². The van der Waals surface area contributed by atoms with Gasteiger partial charge in [-0.1, -0.05) is 64.5 Å². The summed E-state index contributed by atoms with van der Waals surface area (Å²) in [6.07, 6.45) is 14.3. The summed E-state index contributed by atoms with van der Waals surface area (Å²) >= 11 is 0. The summed E-state index contributed by atoms with van der Waals surface area (Å²) in [5.74, 6) is 1.25. The molecule has 2 aromatic rings. The van der Waals surface area contributed by atoms with Crippen LogP contribution in [0.3, 0.4) is 0 Å². The molecule has 0 radical (unpaired) electrons. The van der Waals surface area contributed by atoms with Crippen LogP contribution in [0.5, 0.6) is 0 Å². The van der Waals surface area contributed by atoms with Crippen LogP contribution >= 0.6 is 0 Å². The SMILES string of the molecule is CCCC1CCCCC1NC(=O)c1ccc2cc(C(=O)NC3CCCCC3CCC)ccc2c1. The molecule has 4 heteroatoms. The first kappa shape index (κ1) is 24.8. The number of amides is 2. The van der Waals surface area contributed by atoms with E-state index in [1.165, 1.54) is 64.2 Å². The van der Waals surface area contributed by atoms with E-state index in [-0.39, 0.29) is 11.8 Å². The summed E-state index contributed by atoms with van der Waals surface area (Å²) in [6, 6.07) is 12.3. The average molecular weight is 463 g/mol. The Morgan fingerprint density at radius 2 is 1.09 bits per heavy atom. The third kappa shape index (κ3) is 6.00. The van der Waals surface area contributed by atoms with Crippen LogP contribution in [-0.4, -0.2) is 23.9 Å². The molecule has 0 spiro atoms. The van der Waals surface area contributed by atoms with E-state index in [1.807, 2.05) is 36.4 Å². The van der Waals surface area contributed by atoms with E-state index in [0.29, 0.717) is 35.0 Å². The van der Waals surface area contributed by atoms with Gasteiger partial charge in [-0.3, -0.25) is 9.59 Å². The predicted octanol–water partition coefficient (Wildman–Crippen LogP) is 7.02. The Balaban J connectivity index is 1.43. The monoisotopic (exact) mass is 462 g/mol. The molecule has 34 heavy (non-hydrogen) atoms. The first-order valence-electron chi connectivity index (χ1n) is 13.7. The highest BCUT2D eigenvalue weighted by Crippen LogP contribution is 2.30. The lowest BCUT2D eigenvalue weighted by Crippen LogP contribution is -2.42. The molecule has 4 atom stereocenters. The van der Waals surface area contributed by atoms with Gasteiger partial charge >= 0.3 is 0 Å². The third-order valence-corrected chi connectivity index (χ3v) is 8.13. The van der Waals surface area contributed by atoms with Gasteiger partial charge in [0.2, 0.25) is 0 Å². The van der Waals surface area contributed by atoms with Crippen molar-refractivity contribution in [2.24, 2.45) is 11.8 Å². The van der Waals surface area contributed by atoms with Crippen LogP contribution in [0.25, 0.3) is 10.8 Å². The molecule has 0 bridgehead atoms. The van der Waals surface area contributed by atoms with Crippen molar-refractivity contribution >= 4 is 22.6 Å². The molecule has 4 unspecified atom stereocenters. The van der Waals surface area contributed by atoms with E-state index >= 15 is 0 Å². The number of nitrogens with one attached hydrogen (secondary N) is 2. The van der Waals surface area contributed by atoms with Crippen molar-refractivity contribution in [3.05, 3.63) is 47.5 Å². The number of carbonyl (C=O) groups is 2. The largest absolute Gasteiger partial charge is 0.349 e. The lowest BCUT2D eigenvalue weighted by molar-refractivity contribution is 0.0894. The fraction of sp³-hybridized carbons (Fsp3) is 0.600. The number of benzene rings is 2. The number of hydrogen-bond acceptors (Lipinski definition) is 2. The molecule has 0 aliphatic heterocycles. The van der Waals surface area contributed by atoms with Crippen molar-refractivity contribution in [1.82, 2.24) is 10.6 Å². The molecule has 0 heterocycles. The molecule has 2 fully saturated rings. The van der Waals surface area contributed by atoms with Gasteiger partial charge in [0, 0.05) is 23.2 Å². The van der Waals surface area contributed by atoms with Gasteiger partial charge in [0.1, 0.15) is 0 Å². The molecule has 2 amide bonds. The minimum absolute atomic E-state index is 0.0241. The first-order valence-corrected chi connectivity index (χ1v) is 13.7. The molecule has 0 aromatic heterocycles. The fourth-order valence-corrected chi connectivity index (χ4v) is 6.26. The van der Waals surface area contributed by atoms with Gasteiger partial charge in [0.05, 0.1) is 0 Å². The van der Waals surface area contributed by atoms with Crippen molar-refractivity contribution in [3.8, 4) is 0 Å². The van der Waals surface area contributed by atoms with Crippen LogP contribution in [0.4, 0.5) is 0 Å². The summed E-state index contributed by atoms with van der Waals surface area (Å²) in [4.78, 5) is 26.0. The third-order valence-electron chi connectivity index (χ3n) is 8.13. The Bertz CT molecular complexity index is 902. The van der Waals surface area contributed by atoms with Crippen LogP contribution in [-0.2, 0) is 0 Å². The molecule has 2 saturated carbocycles. The lowest BCUT2D eigenvalue weighted by atomic mass is 9.81. The second-order valence-corrected chi connectivity index (χ2v) is 10.6. The zero-order chi connectivity index (χ0) is 23.9. The van der Waals surface area contributed by atoms with Crippen LogP contribution in [0, 0.1) is 11.8 Å². The zero-order valence-corrected chi connectivity index (χ0v) is 21.1. The maximum absolute atomic E-state index is 13.0. The molecule has 2 aromatic carbocycles. The van der Waals surface area contributed by atoms with Gasteiger partial charge in [-0.05, 0) is 85.4 Å². The van der Waals surface area contributed by atoms with Crippen molar-refractivity contribution < 1.29 is 9.59 Å². The topological polar surface area (TPSA) is 58.2 Å². The standard InChI is InChI=1S/C30H42N2O2/c1-3-9-21-11-5-7-13-27(21)31-29(33)25-17-15-24-20-26(18-16-23(24)19-25)30(34)32-28-14-8-6-12-22(28)10-4-2/h15-22,27-28H,3-14H2,1-2H3,(H,31,33)(H,32,34). The maximum atomic E-state index is 13.0. The second kappa shape index (κ2) is 11.9. The fourth-order valence-electron chi connectivity index (χ4n) is 6.26. The van der Waals surface area contributed by atoms with Crippen molar-refractivity contribution in [3.63, 3.8) is 0 Å². The van der Waals surface area contributed by atoms with Crippen LogP contribution < -0.4 is 10.6 Å². The predicted molar refractivity (Wildman–Crippen MR) is 140 cm³/mol. The van der Waals surface area contributed by atoms with Crippen LogP contribution in [0.15, 0.2) is 36.4 Å². The Hall–Kier alpha value is -2.36. The minimum Gasteiger partial charge on any atom is -0.349 e. The van der Waals surface area contributed by atoms with Gasteiger partial charge in [-0.2, -0.15) is 0 Å². The van der Waals surface area contributed by atoms with E-state index in [1.54, 1.807) is 0 Å². The molecule has 4 rings (SSSR count). The Labute approximate surface area is 205 Å². The zero-order valence-electron chi connectivity index (χ0n) is 21.1. The maximum Gasteiger partial charge on any atom is 0.251 e. The molecule has 2 aliphatic rings. The van der Waals surface area contributed by atoms with Crippen molar-refractivity contribution in [1.29, 1.82) is 0 Å². The van der Waals surface area contributed by atoms with Crippen molar-refractivity contribution in [2.45, 2.75) is 103 Å². The first-order chi connectivity index (χ1) is 16.6. The van der Waals surface area contributed by atoms with Crippen LogP contribution in [0.2, 0.25) is 0 Å². The van der Waals surface area contributed by atoms with E-state index < -0.39 is 0 Å². The highest BCUT2D eigenvalue weighted by Gasteiger charge is 2.27. The van der Waals surface area contributed by atoms with Gasteiger partial charge in [-0.15, -0.1) is 0 Å². The second-order valence-electron chi connectivity index (χ2n) is 10.6. The molecule has 184 valence electrons.